The van der Waals surface area contributed by atoms with E-state index >= 15 is 0 Å². The van der Waals surface area contributed by atoms with Gasteiger partial charge in [-0.15, -0.1) is 0 Å². The summed E-state index contributed by atoms with van der Waals surface area (Å²) in [4.78, 5) is 10.4. The molecule has 1 aromatic rings. The molecule has 0 aliphatic carbocycles. The summed E-state index contributed by atoms with van der Waals surface area (Å²) in [6.45, 7) is 1.89. The maximum atomic E-state index is 10.4. The van der Waals surface area contributed by atoms with Crippen molar-refractivity contribution in [2.75, 3.05) is 0 Å². The van der Waals surface area contributed by atoms with E-state index in [2.05, 4.69) is 0 Å². The molecule has 0 radical (unpaired) electrons. The van der Waals surface area contributed by atoms with Crippen LogP contribution in [-0.2, 0) is 4.79 Å². The topological polar surface area (TPSA) is 37.3 Å². The first kappa shape index (κ1) is 5.01. The summed E-state index contributed by atoms with van der Waals surface area (Å²) in [5.41, 5.74) is 1.01. The van der Waals surface area contributed by atoms with Crippen LogP contribution in [0.15, 0.2) is 24.3 Å². The Kier molecular flexibility index (Phi) is 1.65. The molecule has 1 atom stereocenters. The zero-order chi connectivity index (χ0) is 19.8. The predicted octanol–water partition coefficient (Wildman–Crippen LogP) is 4.15. The summed E-state index contributed by atoms with van der Waals surface area (Å²) in [7, 11) is 0. The Bertz CT molecular complexity index is 315. The molecule has 0 saturated carbocycles. The molecule has 0 fully saturated rings. The summed E-state index contributed by atoms with van der Waals surface area (Å²) in [6, 6.07) is 7.26. The van der Waals surface area contributed by atoms with Gasteiger partial charge in [0.05, 0.1) is 6.42 Å². The van der Waals surface area contributed by atoms with Crippen LogP contribution in [0.1, 0.15) is 39.7 Å². The van der Waals surface area contributed by atoms with Crippen molar-refractivity contribution in [3.05, 3.63) is 34.9 Å². The highest BCUT2D eigenvalue weighted by molar-refractivity contribution is 6.30. The van der Waals surface area contributed by atoms with E-state index in [0.29, 0.717) is 5.02 Å². The van der Waals surface area contributed by atoms with Crippen molar-refractivity contribution in [2.24, 2.45) is 0 Å². The first-order valence-corrected chi connectivity index (χ1v) is 4.44. The van der Waals surface area contributed by atoms with Gasteiger partial charge in [-0.2, -0.15) is 0 Å². The Morgan fingerprint density at radius 2 is 2.15 bits per heavy atom. The highest BCUT2D eigenvalue weighted by Gasteiger charge is 2.09. The number of rotatable bonds is 3. The fourth-order valence-electron chi connectivity index (χ4n) is 1.17. The van der Waals surface area contributed by atoms with Gasteiger partial charge < -0.3 is 5.11 Å². The molecule has 13 heavy (non-hydrogen) atoms. The lowest BCUT2D eigenvalue weighted by molar-refractivity contribution is -0.137. The highest BCUT2D eigenvalue weighted by Crippen LogP contribution is 2.20. The van der Waals surface area contributed by atoms with Crippen molar-refractivity contribution in [3.8, 4) is 0 Å². The minimum Gasteiger partial charge on any atom is -0.481 e. The van der Waals surface area contributed by atoms with Gasteiger partial charge in [0.2, 0.25) is 0 Å². The Morgan fingerprint density at radius 1 is 1.62 bits per heavy atom. The average molecular weight is 219 g/mol. The van der Waals surface area contributed by atoms with Gasteiger partial charge in [0.1, 0.15) is 0 Å². The molecule has 0 amide bonds. The molecule has 1 unspecified atom stereocenters. The van der Waals surface area contributed by atoms with Crippen LogP contribution in [0.5, 0.6) is 0 Å². The van der Waals surface area contributed by atoms with Gasteiger partial charge in [0.15, 0.2) is 0 Å². The summed E-state index contributed by atoms with van der Waals surface area (Å²) in [6.07, 6.45) is 0.154. The van der Waals surface area contributed by atoms with Crippen molar-refractivity contribution < 1.29 is 24.7 Å². The third kappa shape index (κ3) is 3.07. The molecule has 0 aliphatic heterocycles. The number of aliphatic carboxylic acids is 1. The molecule has 1 rings (SSSR count). The standard InChI is InChI=1S/C10H11ClO2.5H2/c1-7(6-10(12)13)8-2-4-9(11)5-3-8;;;;;/h2-5,7H,6H2,1H3,(H,12,13);5*1H/i;5*1+1D. The van der Waals surface area contributed by atoms with Gasteiger partial charge >= 0.3 is 5.97 Å². The second kappa shape index (κ2) is 4.28. The zero-order valence-electron chi connectivity index (χ0n) is 17.3. The fourth-order valence-corrected chi connectivity index (χ4v) is 1.30. The van der Waals surface area contributed by atoms with Crippen LogP contribution in [0.3, 0.4) is 0 Å². The third-order valence-corrected chi connectivity index (χ3v) is 2.17. The van der Waals surface area contributed by atoms with Crippen molar-refractivity contribution in [2.45, 2.75) is 19.3 Å². The van der Waals surface area contributed by atoms with E-state index in [4.69, 9.17) is 31.6 Å². The van der Waals surface area contributed by atoms with E-state index in [9.17, 15) is 4.79 Å². The number of benzene rings is 1. The van der Waals surface area contributed by atoms with Crippen LogP contribution in [0.2, 0.25) is 5.02 Å². The van der Waals surface area contributed by atoms with Crippen molar-refractivity contribution >= 4 is 17.6 Å². The maximum Gasteiger partial charge on any atom is 0.303 e. The predicted molar refractivity (Wildman–Crippen MR) is 62.7 cm³/mol. The van der Waals surface area contributed by atoms with Crippen molar-refractivity contribution in [1.82, 2.24) is 0 Å². The van der Waals surface area contributed by atoms with Crippen LogP contribution < -0.4 is 0 Å². The second-order valence-electron chi connectivity index (χ2n) is 3.05. The summed E-state index contributed by atoms with van der Waals surface area (Å²) >= 11 is 5.71. The number of carboxylic acid groups (broad SMARTS) is 1. The second-order valence-corrected chi connectivity index (χ2v) is 3.49. The highest BCUT2D eigenvalue weighted by atomic mass is 35.5. The van der Waals surface area contributed by atoms with Crippen molar-refractivity contribution in [1.29, 1.82) is 0 Å². The molecule has 0 aliphatic rings. The normalized spacial score (nSPS) is 15.5. The average Bonchev–Trinajstić information content (AvgIpc) is 2.63. The first-order chi connectivity index (χ1) is 11.1. The van der Waals surface area contributed by atoms with Crippen LogP contribution in [-0.4, -0.2) is 11.1 Å². The van der Waals surface area contributed by atoms with E-state index in [-0.39, 0.29) is 12.3 Å². The van der Waals surface area contributed by atoms with E-state index < -0.39 is 5.97 Å². The van der Waals surface area contributed by atoms with E-state index in [1.165, 1.54) is 0 Å². The summed E-state index contributed by atoms with van der Waals surface area (Å²) in [5, 5.41) is 9.25. The van der Waals surface area contributed by atoms with Gasteiger partial charge in [-0.25, -0.2) is 0 Å². The molecule has 2 nitrogen and oxygen atoms in total. The number of halogens is 1. The molecule has 0 spiro atoms. The SMILES string of the molecule is CC(CC(=O)O)c1ccc(Cl)cc1.[2H][2H].[2H][2H].[2H][2H].[2H][2H].[2H][2H]. The number of carboxylic acids is 1. The van der Waals surface area contributed by atoms with Gasteiger partial charge in [0, 0.05) is 19.9 Å². The molecular formula is C10H21ClO2. The largest absolute Gasteiger partial charge is 0.481 e. The zero-order valence-corrected chi connectivity index (χ0v) is 8.08. The van der Waals surface area contributed by atoms with Crippen LogP contribution in [0.25, 0.3) is 0 Å². The van der Waals surface area contributed by atoms with Gasteiger partial charge in [-0.3, -0.25) is 4.79 Å². The molecule has 1 N–H and O–H groups in total. The lowest BCUT2D eigenvalue weighted by atomic mass is 9.98. The number of carbonyl (C=O) groups is 1. The molecule has 3 heteroatoms. The van der Waals surface area contributed by atoms with Crippen molar-refractivity contribution in [3.63, 3.8) is 0 Å². The van der Waals surface area contributed by atoms with E-state index in [1.807, 2.05) is 19.1 Å². The fraction of sp³-hybridized carbons (Fsp3) is 0.300. The van der Waals surface area contributed by atoms with Gasteiger partial charge in [-0.05, 0) is 23.6 Å². The Morgan fingerprint density at radius 3 is 2.62 bits per heavy atom. The van der Waals surface area contributed by atoms with Gasteiger partial charge in [0.25, 0.3) is 0 Å². The molecule has 0 heterocycles. The minimum absolute atomic E-state index is 0.0368. The van der Waals surface area contributed by atoms with Gasteiger partial charge in [-0.1, -0.05) is 30.7 Å². The summed E-state index contributed by atoms with van der Waals surface area (Å²) < 4.78 is 50.0. The quantitative estimate of drug-likeness (QED) is 0.828. The third-order valence-electron chi connectivity index (χ3n) is 1.92. The molecular weight excluding hydrogens is 188 g/mol. The lowest BCUT2D eigenvalue weighted by Crippen LogP contribution is -2.02. The minimum atomic E-state index is -0.776. The summed E-state index contributed by atoms with van der Waals surface area (Å²) in [5.74, 6) is -0.739. The Labute approximate surface area is 97.6 Å². The monoisotopic (exact) mass is 218 g/mol. The van der Waals surface area contributed by atoms with Crippen LogP contribution in [0.4, 0.5) is 0 Å². The van der Waals surface area contributed by atoms with E-state index in [0.717, 1.165) is 5.56 Å². The van der Waals surface area contributed by atoms with Crippen LogP contribution >= 0.6 is 11.6 Å². The van der Waals surface area contributed by atoms with E-state index in [1.54, 1.807) is 12.1 Å². The van der Waals surface area contributed by atoms with Crippen LogP contribution in [0, 0.1) is 0 Å². The number of hydrogen-bond acceptors (Lipinski definition) is 1. The molecule has 80 valence electrons. The molecule has 1 aromatic carbocycles. The number of hydrogen-bond donors (Lipinski definition) is 1. The maximum absolute atomic E-state index is 10.4. The smallest absolute Gasteiger partial charge is 0.303 e. The first-order valence-electron chi connectivity index (χ1n) is 9.07. The molecule has 0 saturated heterocycles. The Balaban J connectivity index is -0.0000000923. The Hall–Kier alpha value is -1.02. The molecule has 0 aromatic heterocycles. The lowest BCUT2D eigenvalue weighted by Gasteiger charge is -2.08. The molecule has 0 bridgehead atoms.